The van der Waals surface area contributed by atoms with Gasteiger partial charge in [0.15, 0.2) is 6.10 Å². The monoisotopic (exact) mass is 373 g/mol. The number of aryl methyl sites for hydroxylation is 2. The average molecular weight is 374 g/mol. The van der Waals surface area contributed by atoms with Gasteiger partial charge in [0.2, 0.25) is 0 Å². The van der Waals surface area contributed by atoms with Crippen molar-refractivity contribution in [1.82, 2.24) is 5.32 Å². The van der Waals surface area contributed by atoms with E-state index in [9.17, 15) is 4.79 Å². The van der Waals surface area contributed by atoms with Crippen LogP contribution in [0.25, 0.3) is 0 Å². The van der Waals surface area contributed by atoms with Crippen LogP contribution in [0.4, 0.5) is 0 Å². The van der Waals surface area contributed by atoms with E-state index >= 15 is 0 Å². The van der Waals surface area contributed by atoms with Crippen LogP contribution in [0.1, 0.15) is 49.8 Å². The van der Waals surface area contributed by atoms with E-state index in [2.05, 4.69) is 31.3 Å². The predicted molar refractivity (Wildman–Crippen MR) is 108 cm³/mol. The Morgan fingerprint density at radius 2 is 1.88 bits per heavy atom. The number of carbonyl (C=O) groups is 1. The van der Waals surface area contributed by atoms with Crippen molar-refractivity contribution < 1.29 is 9.53 Å². The van der Waals surface area contributed by atoms with E-state index in [4.69, 9.17) is 16.3 Å². The Bertz CT molecular complexity index is 743. The molecule has 0 bridgehead atoms. The third-order valence-electron chi connectivity index (χ3n) is 4.34. The second-order valence-corrected chi connectivity index (χ2v) is 7.35. The molecule has 140 valence electrons. The summed E-state index contributed by atoms with van der Waals surface area (Å²) in [5, 5.41) is 3.72. The van der Waals surface area contributed by atoms with Gasteiger partial charge in [0.05, 0.1) is 0 Å². The molecule has 0 aliphatic rings. The summed E-state index contributed by atoms with van der Waals surface area (Å²) in [6, 6.07) is 13.9. The number of ether oxygens (including phenoxy) is 1. The number of carbonyl (C=O) groups excluding carboxylic acids is 1. The molecule has 0 spiro atoms. The summed E-state index contributed by atoms with van der Waals surface area (Å²) >= 11 is 6.15. The van der Waals surface area contributed by atoms with Crippen LogP contribution < -0.4 is 10.1 Å². The van der Waals surface area contributed by atoms with E-state index in [0.717, 1.165) is 40.3 Å². The number of amides is 1. The van der Waals surface area contributed by atoms with Crippen LogP contribution in [0.15, 0.2) is 42.5 Å². The second kappa shape index (κ2) is 9.63. The van der Waals surface area contributed by atoms with Crippen molar-refractivity contribution >= 4 is 17.5 Å². The largest absolute Gasteiger partial charge is 0.481 e. The molecule has 3 nitrogen and oxygen atoms in total. The van der Waals surface area contributed by atoms with Gasteiger partial charge in [-0.25, -0.2) is 0 Å². The predicted octanol–water partition coefficient (Wildman–Crippen LogP) is 5.29. The zero-order chi connectivity index (χ0) is 19.1. The quantitative estimate of drug-likeness (QED) is 0.638. The lowest BCUT2D eigenvalue weighted by Gasteiger charge is -2.19. The number of nitrogens with one attached hydrogen (secondary N) is 1. The Morgan fingerprint density at radius 1 is 1.15 bits per heavy atom. The molecule has 0 aliphatic carbocycles. The maximum atomic E-state index is 12.3. The third kappa shape index (κ3) is 5.77. The lowest BCUT2D eigenvalue weighted by Crippen LogP contribution is -2.37. The minimum Gasteiger partial charge on any atom is -0.481 e. The summed E-state index contributed by atoms with van der Waals surface area (Å²) in [5.41, 5.74) is 3.35. The highest BCUT2D eigenvalue weighted by Crippen LogP contribution is 2.28. The summed E-state index contributed by atoms with van der Waals surface area (Å²) in [4.78, 5) is 12.3. The number of halogens is 1. The number of benzene rings is 2. The lowest BCUT2D eigenvalue weighted by molar-refractivity contribution is -0.127. The van der Waals surface area contributed by atoms with Gasteiger partial charge in [-0.15, -0.1) is 0 Å². The maximum absolute atomic E-state index is 12.3. The molecule has 0 heterocycles. The van der Waals surface area contributed by atoms with Crippen LogP contribution in [0.5, 0.6) is 5.75 Å². The fraction of sp³-hybridized carbons (Fsp3) is 0.409. The molecule has 1 N–H and O–H groups in total. The third-order valence-corrected chi connectivity index (χ3v) is 4.71. The molecule has 0 radical (unpaired) electrons. The smallest absolute Gasteiger partial charge is 0.260 e. The van der Waals surface area contributed by atoms with Gasteiger partial charge in [0.1, 0.15) is 5.75 Å². The summed E-state index contributed by atoms with van der Waals surface area (Å²) < 4.78 is 5.95. The van der Waals surface area contributed by atoms with Crippen molar-refractivity contribution in [3.05, 3.63) is 64.2 Å². The Morgan fingerprint density at radius 3 is 2.58 bits per heavy atom. The Kier molecular flexibility index (Phi) is 7.52. The van der Waals surface area contributed by atoms with Crippen molar-refractivity contribution in [2.75, 3.05) is 6.54 Å². The van der Waals surface area contributed by atoms with Gasteiger partial charge in [-0.3, -0.25) is 4.79 Å². The van der Waals surface area contributed by atoms with Crippen LogP contribution in [-0.2, 0) is 11.2 Å². The van der Waals surface area contributed by atoms with E-state index in [-0.39, 0.29) is 5.91 Å². The average Bonchev–Trinajstić information content (AvgIpc) is 2.59. The van der Waals surface area contributed by atoms with E-state index in [1.165, 1.54) is 0 Å². The van der Waals surface area contributed by atoms with E-state index in [1.807, 2.05) is 37.3 Å². The second-order valence-electron chi connectivity index (χ2n) is 6.94. The molecule has 2 rings (SSSR count). The Labute approximate surface area is 161 Å². The zero-order valence-electron chi connectivity index (χ0n) is 16.0. The Balaban J connectivity index is 1.84. The minimum atomic E-state index is -0.533. The summed E-state index contributed by atoms with van der Waals surface area (Å²) in [6.07, 6.45) is 1.14. The number of hydrogen-bond donors (Lipinski definition) is 1. The summed E-state index contributed by atoms with van der Waals surface area (Å²) in [5.74, 6) is 1.04. The van der Waals surface area contributed by atoms with Crippen molar-refractivity contribution in [1.29, 1.82) is 0 Å². The van der Waals surface area contributed by atoms with Crippen LogP contribution in [0.2, 0.25) is 5.02 Å². The van der Waals surface area contributed by atoms with Crippen molar-refractivity contribution in [3.63, 3.8) is 0 Å². The van der Waals surface area contributed by atoms with Gasteiger partial charge in [-0.05, 0) is 61.4 Å². The molecule has 0 aromatic heterocycles. The Hall–Kier alpha value is -2.00. The first kappa shape index (κ1) is 20.3. The molecule has 0 fully saturated rings. The molecular weight excluding hydrogens is 346 g/mol. The molecule has 0 aliphatic heterocycles. The zero-order valence-corrected chi connectivity index (χ0v) is 16.8. The summed E-state index contributed by atoms with van der Waals surface area (Å²) in [7, 11) is 0. The first-order valence-corrected chi connectivity index (χ1v) is 9.54. The molecule has 2 aromatic rings. The van der Waals surface area contributed by atoms with Crippen molar-refractivity contribution in [2.24, 2.45) is 0 Å². The number of rotatable bonds is 8. The topological polar surface area (TPSA) is 38.3 Å². The molecule has 2 aromatic carbocycles. The molecule has 1 atom stereocenters. The fourth-order valence-corrected chi connectivity index (χ4v) is 3.03. The molecular formula is C22H28ClNO2. The van der Waals surface area contributed by atoms with Gasteiger partial charge in [0.25, 0.3) is 5.91 Å². The SMILES string of the molecule is Cc1ccc(C(C)C)c(O[C@H](C)C(=O)NCCCc2ccccc2Cl)c1. The molecule has 1 amide bonds. The number of hydrogen-bond acceptors (Lipinski definition) is 2. The van der Waals surface area contributed by atoms with Crippen molar-refractivity contribution in [2.45, 2.75) is 52.6 Å². The molecule has 0 unspecified atom stereocenters. The van der Waals surface area contributed by atoms with E-state index in [0.29, 0.717) is 12.5 Å². The minimum absolute atomic E-state index is 0.0969. The van der Waals surface area contributed by atoms with Crippen LogP contribution in [0.3, 0.4) is 0 Å². The van der Waals surface area contributed by atoms with Gasteiger partial charge in [-0.1, -0.05) is 55.8 Å². The normalized spacial score (nSPS) is 12.1. The molecule has 4 heteroatoms. The molecule has 0 saturated carbocycles. The van der Waals surface area contributed by atoms with Crippen molar-refractivity contribution in [3.8, 4) is 5.75 Å². The fourth-order valence-electron chi connectivity index (χ4n) is 2.80. The van der Waals surface area contributed by atoms with Gasteiger partial charge < -0.3 is 10.1 Å². The van der Waals surface area contributed by atoms with Gasteiger partial charge in [-0.2, -0.15) is 0 Å². The van der Waals surface area contributed by atoms with Crippen LogP contribution in [0, 0.1) is 6.92 Å². The highest BCUT2D eigenvalue weighted by molar-refractivity contribution is 6.31. The molecule has 0 saturated heterocycles. The standard InChI is InChI=1S/C22H28ClNO2/c1-15(2)19-12-11-16(3)14-21(19)26-17(4)22(25)24-13-7-9-18-8-5-6-10-20(18)23/h5-6,8,10-12,14-15,17H,7,9,13H2,1-4H3,(H,24,25)/t17-/m1/s1. The maximum Gasteiger partial charge on any atom is 0.260 e. The van der Waals surface area contributed by atoms with Gasteiger partial charge in [0, 0.05) is 11.6 Å². The lowest BCUT2D eigenvalue weighted by atomic mass is 10.0. The van der Waals surface area contributed by atoms with E-state index < -0.39 is 6.10 Å². The highest BCUT2D eigenvalue weighted by Gasteiger charge is 2.17. The first-order valence-electron chi connectivity index (χ1n) is 9.16. The summed E-state index contributed by atoms with van der Waals surface area (Å²) in [6.45, 7) is 8.66. The highest BCUT2D eigenvalue weighted by atomic mass is 35.5. The van der Waals surface area contributed by atoms with Crippen LogP contribution >= 0.6 is 11.6 Å². The van der Waals surface area contributed by atoms with Gasteiger partial charge >= 0.3 is 0 Å². The molecule has 26 heavy (non-hydrogen) atoms. The van der Waals surface area contributed by atoms with E-state index in [1.54, 1.807) is 6.92 Å². The van der Waals surface area contributed by atoms with Crippen LogP contribution in [-0.4, -0.2) is 18.6 Å². The first-order chi connectivity index (χ1) is 12.4.